The highest BCUT2D eigenvalue weighted by Crippen LogP contribution is 2.19. The molecule has 0 aliphatic heterocycles. The summed E-state index contributed by atoms with van der Waals surface area (Å²) in [7, 11) is 0. The molecule has 0 aliphatic carbocycles. The fraction of sp³-hybridized carbons (Fsp3) is 0.188. The number of hydrogen-bond donors (Lipinski definition) is 2. The molecule has 0 heterocycles. The molecule has 0 unspecified atom stereocenters. The van der Waals surface area contributed by atoms with Gasteiger partial charge in [-0.3, -0.25) is 0 Å². The predicted molar refractivity (Wildman–Crippen MR) is 86.8 cm³/mol. The summed E-state index contributed by atoms with van der Waals surface area (Å²) in [4.78, 5) is 13.1. The Bertz CT molecular complexity index is 626. The summed E-state index contributed by atoms with van der Waals surface area (Å²) in [5.74, 6) is 0. The van der Waals surface area contributed by atoms with Gasteiger partial charge in [0.15, 0.2) is 0 Å². The zero-order valence-electron chi connectivity index (χ0n) is 11.9. The number of anilines is 2. The van der Waals surface area contributed by atoms with Gasteiger partial charge in [0.25, 0.3) is 0 Å². The predicted octanol–water partition coefficient (Wildman–Crippen LogP) is 4.67. The summed E-state index contributed by atoms with van der Waals surface area (Å²) in [6.45, 7) is 4.08. The molecular weight excluding hydrogens is 268 g/mol. The Balaban J connectivity index is 2.03. The second kappa shape index (κ2) is 6.48. The molecule has 0 saturated carbocycles. The van der Waals surface area contributed by atoms with Crippen molar-refractivity contribution in [3.8, 4) is 0 Å². The normalized spacial score (nSPS) is 10.2. The molecule has 2 N–H and O–H groups in total. The van der Waals surface area contributed by atoms with Crippen molar-refractivity contribution in [2.45, 2.75) is 18.7 Å². The zero-order valence-corrected chi connectivity index (χ0v) is 12.7. The smallest absolute Gasteiger partial charge is 0.308 e. The third kappa shape index (κ3) is 3.78. The van der Waals surface area contributed by atoms with Gasteiger partial charge in [-0.15, -0.1) is 11.8 Å². The zero-order chi connectivity index (χ0) is 14.5. The minimum atomic E-state index is -0.230. The lowest BCUT2D eigenvalue weighted by molar-refractivity contribution is 0.262. The highest BCUT2D eigenvalue weighted by molar-refractivity contribution is 7.98. The van der Waals surface area contributed by atoms with Crippen LogP contribution in [0.25, 0.3) is 0 Å². The summed E-state index contributed by atoms with van der Waals surface area (Å²) in [5.41, 5.74) is 3.96. The van der Waals surface area contributed by atoms with Gasteiger partial charge >= 0.3 is 6.03 Å². The Labute approximate surface area is 123 Å². The molecule has 0 radical (unpaired) electrons. The number of aryl methyl sites for hydroxylation is 2. The van der Waals surface area contributed by atoms with E-state index in [9.17, 15) is 4.79 Å². The molecule has 2 aromatic rings. The van der Waals surface area contributed by atoms with Gasteiger partial charge in [0, 0.05) is 16.3 Å². The Hall–Kier alpha value is -1.94. The van der Waals surface area contributed by atoms with E-state index < -0.39 is 0 Å². The van der Waals surface area contributed by atoms with E-state index in [1.807, 2.05) is 62.6 Å². The van der Waals surface area contributed by atoms with Crippen molar-refractivity contribution in [1.82, 2.24) is 0 Å². The Morgan fingerprint density at radius 3 is 2.30 bits per heavy atom. The molecule has 104 valence electrons. The van der Waals surface area contributed by atoms with E-state index >= 15 is 0 Å². The lowest BCUT2D eigenvalue weighted by Crippen LogP contribution is -2.19. The lowest BCUT2D eigenvalue weighted by atomic mass is 10.1. The molecule has 2 aromatic carbocycles. The molecule has 2 rings (SSSR count). The third-order valence-corrected chi connectivity index (χ3v) is 3.82. The Kier molecular flexibility index (Phi) is 4.69. The molecule has 20 heavy (non-hydrogen) atoms. The number of carbonyl (C=O) groups is 1. The van der Waals surface area contributed by atoms with Crippen LogP contribution in [0.1, 0.15) is 11.1 Å². The van der Waals surface area contributed by atoms with Crippen LogP contribution in [0.4, 0.5) is 16.2 Å². The molecule has 3 nitrogen and oxygen atoms in total. The van der Waals surface area contributed by atoms with Gasteiger partial charge < -0.3 is 10.6 Å². The molecule has 0 aromatic heterocycles. The van der Waals surface area contributed by atoms with Crippen LogP contribution in [-0.2, 0) is 0 Å². The van der Waals surface area contributed by atoms with Crippen LogP contribution in [0, 0.1) is 13.8 Å². The van der Waals surface area contributed by atoms with E-state index in [0.29, 0.717) is 0 Å². The maximum absolute atomic E-state index is 11.9. The van der Waals surface area contributed by atoms with Gasteiger partial charge in [0.2, 0.25) is 0 Å². The highest BCUT2D eigenvalue weighted by atomic mass is 32.2. The van der Waals surface area contributed by atoms with E-state index in [4.69, 9.17) is 0 Å². The van der Waals surface area contributed by atoms with Crippen LogP contribution >= 0.6 is 11.8 Å². The molecule has 0 spiro atoms. The topological polar surface area (TPSA) is 41.1 Å². The van der Waals surface area contributed by atoms with E-state index in [-0.39, 0.29) is 6.03 Å². The van der Waals surface area contributed by atoms with Crippen LogP contribution in [0.3, 0.4) is 0 Å². The molecule has 0 aliphatic rings. The number of thioether (sulfide) groups is 1. The number of hydrogen-bond acceptors (Lipinski definition) is 2. The summed E-state index contributed by atoms with van der Waals surface area (Å²) >= 11 is 1.65. The Morgan fingerprint density at radius 2 is 1.65 bits per heavy atom. The lowest BCUT2D eigenvalue weighted by Gasteiger charge is -2.10. The molecule has 4 heteroatoms. The number of urea groups is 1. The van der Waals surface area contributed by atoms with Crippen molar-refractivity contribution in [2.24, 2.45) is 0 Å². The quantitative estimate of drug-likeness (QED) is 0.805. The van der Waals surface area contributed by atoms with E-state index in [2.05, 4.69) is 10.6 Å². The molecule has 0 fully saturated rings. The average Bonchev–Trinajstić information content (AvgIpc) is 2.43. The molecule has 0 saturated heterocycles. The standard InChI is InChI=1S/C16H18N2OS/c1-11-7-8-14(9-12(11)2)18-16(19)17-13-5-4-6-15(10-13)20-3/h4-10H,1-3H3,(H2,17,18,19). The summed E-state index contributed by atoms with van der Waals surface area (Å²) in [6.07, 6.45) is 2.01. The van der Waals surface area contributed by atoms with Crippen molar-refractivity contribution in [1.29, 1.82) is 0 Å². The van der Waals surface area contributed by atoms with Gasteiger partial charge in [-0.2, -0.15) is 0 Å². The second-order valence-corrected chi connectivity index (χ2v) is 5.49. The number of carbonyl (C=O) groups excluding carboxylic acids is 1. The first kappa shape index (κ1) is 14.5. The van der Waals surface area contributed by atoms with Crippen molar-refractivity contribution >= 4 is 29.2 Å². The first-order valence-electron chi connectivity index (χ1n) is 6.38. The molecular formula is C16H18N2OS. The number of rotatable bonds is 3. The van der Waals surface area contributed by atoms with Crippen molar-refractivity contribution in [3.05, 3.63) is 53.6 Å². The molecule has 0 bridgehead atoms. The van der Waals surface area contributed by atoms with Crippen LogP contribution in [-0.4, -0.2) is 12.3 Å². The van der Waals surface area contributed by atoms with Gasteiger partial charge in [-0.25, -0.2) is 4.79 Å². The number of nitrogens with one attached hydrogen (secondary N) is 2. The Morgan fingerprint density at radius 1 is 0.950 bits per heavy atom. The summed E-state index contributed by atoms with van der Waals surface area (Å²) < 4.78 is 0. The van der Waals surface area contributed by atoms with Gasteiger partial charge in [-0.1, -0.05) is 12.1 Å². The highest BCUT2D eigenvalue weighted by Gasteiger charge is 2.04. The molecule has 2 amide bonds. The van der Waals surface area contributed by atoms with E-state index in [1.165, 1.54) is 5.56 Å². The van der Waals surface area contributed by atoms with Gasteiger partial charge in [0.05, 0.1) is 0 Å². The van der Waals surface area contributed by atoms with Crippen molar-refractivity contribution < 1.29 is 4.79 Å². The van der Waals surface area contributed by atoms with Crippen LogP contribution in [0.5, 0.6) is 0 Å². The minimum absolute atomic E-state index is 0.230. The second-order valence-electron chi connectivity index (χ2n) is 4.61. The third-order valence-electron chi connectivity index (χ3n) is 3.09. The van der Waals surface area contributed by atoms with E-state index in [1.54, 1.807) is 11.8 Å². The summed E-state index contributed by atoms with van der Waals surface area (Å²) in [6, 6.07) is 13.4. The van der Waals surface area contributed by atoms with Gasteiger partial charge in [0.1, 0.15) is 0 Å². The van der Waals surface area contributed by atoms with Gasteiger partial charge in [-0.05, 0) is 61.6 Å². The monoisotopic (exact) mass is 286 g/mol. The summed E-state index contributed by atoms with van der Waals surface area (Å²) in [5, 5.41) is 5.67. The fourth-order valence-corrected chi connectivity index (χ4v) is 2.27. The van der Waals surface area contributed by atoms with Crippen molar-refractivity contribution in [3.63, 3.8) is 0 Å². The number of amides is 2. The SMILES string of the molecule is CSc1cccc(NC(=O)Nc2ccc(C)c(C)c2)c1. The average molecular weight is 286 g/mol. The largest absolute Gasteiger partial charge is 0.323 e. The maximum Gasteiger partial charge on any atom is 0.323 e. The molecule has 0 atom stereocenters. The maximum atomic E-state index is 11.9. The minimum Gasteiger partial charge on any atom is -0.308 e. The van der Waals surface area contributed by atoms with Crippen LogP contribution in [0.15, 0.2) is 47.4 Å². The van der Waals surface area contributed by atoms with Crippen LogP contribution < -0.4 is 10.6 Å². The van der Waals surface area contributed by atoms with Crippen LogP contribution in [0.2, 0.25) is 0 Å². The number of benzene rings is 2. The van der Waals surface area contributed by atoms with E-state index in [0.717, 1.165) is 21.8 Å². The first-order chi connectivity index (χ1) is 9.58. The first-order valence-corrected chi connectivity index (χ1v) is 7.60. The van der Waals surface area contributed by atoms with Crippen molar-refractivity contribution in [2.75, 3.05) is 16.9 Å². The fourth-order valence-electron chi connectivity index (χ4n) is 1.81.